The van der Waals surface area contributed by atoms with E-state index in [-0.39, 0.29) is 28.3 Å². The number of carboxylic acid groups (broad SMARTS) is 1. The lowest BCUT2D eigenvalue weighted by Gasteiger charge is -2.08. The summed E-state index contributed by atoms with van der Waals surface area (Å²) in [4.78, 5) is 25.9. The van der Waals surface area contributed by atoms with Crippen molar-refractivity contribution in [1.82, 2.24) is 20.1 Å². The molecule has 3 heterocycles. The number of hydrogen-bond acceptors (Lipinski definition) is 11. The van der Waals surface area contributed by atoms with Gasteiger partial charge in [-0.25, -0.2) is 14.8 Å². The number of alkyl halides is 3. The number of nitrogens with two attached hydrogens (primary N) is 1. The van der Waals surface area contributed by atoms with Crippen molar-refractivity contribution in [2.75, 3.05) is 0 Å². The van der Waals surface area contributed by atoms with Gasteiger partial charge in [0.25, 0.3) is 5.89 Å². The van der Waals surface area contributed by atoms with Gasteiger partial charge in [-0.2, -0.15) is 4.98 Å². The Balaban J connectivity index is 0.000000191. The fourth-order valence-corrected chi connectivity index (χ4v) is 7.58. The molecule has 3 aromatic heterocycles. The van der Waals surface area contributed by atoms with Crippen molar-refractivity contribution >= 4 is 66.3 Å². The quantitative estimate of drug-likeness (QED) is 0.0548. The molecule has 4 N–H and O–H groups in total. The zero-order chi connectivity index (χ0) is 42.0. The Kier molecular flexibility index (Phi) is 14.9. The molecule has 0 fully saturated rings. The molecule has 58 heavy (non-hydrogen) atoms. The zero-order valence-electron chi connectivity index (χ0n) is 30.8. The molecule has 18 heteroatoms. The number of nitrogens with zero attached hydrogens (tertiary/aromatic N) is 5. The Morgan fingerprint density at radius 3 is 1.91 bits per heavy atom. The van der Waals surface area contributed by atoms with Crippen LogP contribution in [0.1, 0.15) is 53.2 Å². The van der Waals surface area contributed by atoms with Crippen LogP contribution >= 0.6 is 54.5 Å². The average Bonchev–Trinajstić information content (AvgIpc) is 3.91. The highest BCUT2D eigenvalue weighted by atomic mass is 79.9. The minimum atomic E-state index is -4.74. The molecular weight excluding hydrogens is 925 g/mol. The number of aromatic carboxylic acids is 1. The van der Waals surface area contributed by atoms with Crippen molar-refractivity contribution in [2.24, 2.45) is 10.9 Å². The Morgan fingerprint density at radius 1 is 0.828 bits per heavy atom. The molecule has 0 unspecified atom stereocenters. The van der Waals surface area contributed by atoms with E-state index in [0.29, 0.717) is 23.4 Å². The third-order valence-corrected chi connectivity index (χ3v) is 10.9. The van der Waals surface area contributed by atoms with Crippen LogP contribution in [0.3, 0.4) is 0 Å². The number of oxime groups is 1. The van der Waals surface area contributed by atoms with Crippen molar-refractivity contribution < 1.29 is 37.5 Å². The van der Waals surface area contributed by atoms with Gasteiger partial charge in [0.1, 0.15) is 5.75 Å². The molecule has 0 saturated heterocycles. The molecule has 7 aromatic rings. The van der Waals surface area contributed by atoms with Crippen molar-refractivity contribution in [3.05, 3.63) is 154 Å². The molecule has 0 bridgehead atoms. The van der Waals surface area contributed by atoms with Gasteiger partial charge in [-0.15, -0.1) is 35.8 Å². The highest BCUT2D eigenvalue weighted by molar-refractivity contribution is 9.10. The van der Waals surface area contributed by atoms with E-state index >= 15 is 0 Å². The summed E-state index contributed by atoms with van der Waals surface area (Å²) in [6.07, 6.45) is -3.41. The number of carbonyl (C=O) groups is 1. The second-order valence-corrected chi connectivity index (χ2v) is 16.5. The van der Waals surface area contributed by atoms with Crippen molar-refractivity contribution in [3.8, 4) is 28.0 Å². The smallest absolute Gasteiger partial charge is 0.476 e. The van der Waals surface area contributed by atoms with Crippen LogP contribution in [0.5, 0.6) is 5.75 Å². The number of thiazole rings is 2. The van der Waals surface area contributed by atoms with Gasteiger partial charge >= 0.3 is 12.3 Å². The predicted octanol–water partition coefficient (Wildman–Crippen LogP) is 11.0. The Bertz CT molecular complexity index is 2510. The third kappa shape index (κ3) is 12.8. The van der Waals surface area contributed by atoms with E-state index in [1.807, 2.05) is 93.6 Å². The molecule has 0 saturated carbocycles. The highest BCUT2D eigenvalue weighted by Gasteiger charge is 2.31. The molecule has 4 aromatic carbocycles. The summed E-state index contributed by atoms with van der Waals surface area (Å²) >= 11 is 9.54. The first-order valence-corrected chi connectivity index (χ1v) is 20.2. The fraction of sp³-hybridized carbons (Fsp3) is 0.150. The number of carboxylic acids is 1. The molecule has 0 aliphatic rings. The topological polar surface area (TPSA) is 170 Å². The minimum Gasteiger partial charge on any atom is -0.476 e. The number of benzene rings is 4. The van der Waals surface area contributed by atoms with Gasteiger partial charge in [-0.3, -0.25) is 0 Å². The number of hydrogen-bond donors (Lipinski definition) is 3. The van der Waals surface area contributed by atoms with Crippen molar-refractivity contribution in [2.45, 2.75) is 40.0 Å². The maximum Gasteiger partial charge on any atom is 0.573 e. The summed E-state index contributed by atoms with van der Waals surface area (Å²) in [7, 11) is 0. The van der Waals surface area contributed by atoms with Gasteiger partial charge in [0, 0.05) is 42.7 Å². The van der Waals surface area contributed by atoms with Crippen LogP contribution in [0, 0.1) is 20.8 Å². The SMILES string of the molecule is Cc1ccc(C(N)=NO)cc1.Cc1sc(-c2nc(-c3ccc(OC(F)(F)F)cc3)no2)nc1Cc1cccc(Br)c1.Cc1sc(C(=O)O)nc1Cc1cccc(Br)c1. The number of rotatable bonds is 9. The lowest BCUT2D eigenvalue weighted by molar-refractivity contribution is -0.274. The van der Waals surface area contributed by atoms with Crippen molar-refractivity contribution in [1.29, 1.82) is 0 Å². The summed E-state index contributed by atoms with van der Waals surface area (Å²) in [6.45, 7) is 5.86. The fourth-order valence-electron chi connectivity index (χ4n) is 5.06. The summed E-state index contributed by atoms with van der Waals surface area (Å²) in [5, 5.41) is 24.7. The first-order chi connectivity index (χ1) is 27.6. The van der Waals surface area contributed by atoms with E-state index in [9.17, 15) is 18.0 Å². The van der Waals surface area contributed by atoms with Gasteiger partial charge in [0.15, 0.2) is 10.8 Å². The Labute approximate surface area is 355 Å². The van der Waals surface area contributed by atoms with Crippen LogP contribution in [0.15, 0.2) is 116 Å². The predicted molar refractivity (Wildman–Crippen MR) is 224 cm³/mol. The largest absolute Gasteiger partial charge is 0.573 e. The van der Waals surface area contributed by atoms with E-state index < -0.39 is 12.3 Å². The van der Waals surface area contributed by atoms with E-state index in [1.54, 1.807) is 0 Å². The maximum absolute atomic E-state index is 12.3. The van der Waals surface area contributed by atoms with Crippen LogP contribution in [-0.2, 0) is 12.8 Å². The lowest BCUT2D eigenvalue weighted by atomic mass is 10.1. The van der Waals surface area contributed by atoms with Gasteiger partial charge in [-0.1, -0.05) is 96.3 Å². The van der Waals surface area contributed by atoms with Gasteiger partial charge in [-0.05, 0) is 80.4 Å². The number of halogens is 5. The molecule has 0 amide bonds. The molecule has 0 aliphatic heterocycles. The summed E-state index contributed by atoms with van der Waals surface area (Å²) in [5.41, 5.74) is 11.7. The first-order valence-electron chi connectivity index (χ1n) is 17.0. The molecule has 0 aliphatic carbocycles. The first kappa shape index (κ1) is 43.7. The summed E-state index contributed by atoms with van der Waals surface area (Å²) < 4.78 is 48.0. The van der Waals surface area contributed by atoms with Gasteiger partial charge in [0.2, 0.25) is 10.8 Å². The molecule has 0 atom stereocenters. The molecule has 300 valence electrons. The monoisotopic (exact) mass is 956 g/mol. The molecule has 0 radical (unpaired) electrons. The van der Waals surface area contributed by atoms with E-state index in [4.69, 9.17) is 20.6 Å². The van der Waals surface area contributed by atoms with E-state index in [2.05, 4.69) is 61.9 Å². The zero-order valence-corrected chi connectivity index (χ0v) is 35.6. The molecular formula is C40H33Br2F3N6O5S2. The minimum absolute atomic E-state index is 0.144. The van der Waals surface area contributed by atoms with Gasteiger partial charge in [0.05, 0.1) is 11.4 Å². The molecule has 11 nitrogen and oxygen atoms in total. The number of aromatic nitrogens is 4. The number of ether oxygens (including phenoxy) is 1. The maximum atomic E-state index is 12.3. The average molecular weight is 959 g/mol. The Morgan fingerprint density at radius 2 is 1.40 bits per heavy atom. The normalized spacial score (nSPS) is 11.3. The van der Waals surface area contributed by atoms with Crippen LogP contribution in [0.2, 0.25) is 0 Å². The summed E-state index contributed by atoms with van der Waals surface area (Å²) in [6, 6.07) is 28.6. The van der Waals surface area contributed by atoms with E-state index in [0.717, 1.165) is 52.3 Å². The lowest BCUT2D eigenvalue weighted by Crippen LogP contribution is -2.16. The number of amidine groups is 1. The standard InChI is InChI=1S/C20H13BrF3N3O2S.C12H10BrNO2S.C8H10N2O/c1-11-16(10-12-3-2-4-14(21)9-12)25-19(30-11)18-26-17(27-29-18)13-5-7-15(8-6-13)28-20(22,23)24;1-7-10(14-11(17-7)12(15)16)6-8-3-2-4-9(13)5-8;1-6-2-4-7(5-3-6)8(9)10-11/h2-9H,10H2,1H3;2-5H,6H2,1H3,(H,15,16);2-5,11H,1H3,(H2,9,10). The van der Waals surface area contributed by atoms with Crippen LogP contribution in [0.4, 0.5) is 13.2 Å². The second kappa shape index (κ2) is 19.8. The summed E-state index contributed by atoms with van der Waals surface area (Å²) in [5.74, 6) is -0.620. The Hall–Kier alpha value is -5.43. The van der Waals surface area contributed by atoms with Gasteiger partial charge < -0.3 is 25.3 Å². The molecule has 0 spiro atoms. The van der Waals surface area contributed by atoms with Crippen LogP contribution < -0.4 is 10.5 Å². The number of aryl methyl sites for hydroxylation is 3. The second-order valence-electron chi connectivity index (χ2n) is 12.3. The molecule has 7 rings (SSSR count). The van der Waals surface area contributed by atoms with Crippen molar-refractivity contribution in [3.63, 3.8) is 0 Å². The highest BCUT2D eigenvalue weighted by Crippen LogP contribution is 2.31. The van der Waals surface area contributed by atoms with Crippen LogP contribution in [-0.4, -0.2) is 48.6 Å². The van der Waals surface area contributed by atoms with Crippen LogP contribution in [0.25, 0.3) is 22.3 Å². The third-order valence-electron chi connectivity index (χ3n) is 7.90. The van der Waals surface area contributed by atoms with E-state index in [1.165, 1.54) is 46.9 Å².